The van der Waals surface area contributed by atoms with E-state index in [-0.39, 0.29) is 40.3 Å². The first-order chi connectivity index (χ1) is 17.0. The number of nitrogens with two attached hydrogens (primary N) is 1. The van der Waals surface area contributed by atoms with Gasteiger partial charge in [-0.2, -0.15) is 5.26 Å². The minimum Gasteiger partial charge on any atom is -0.489 e. The number of nitrogens with one attached hydrogen (secondary N) is 1. The third-order valence-electron chi connectivity index (χ3n) is 5.73. The summed E-state index contributed by atoms with van der Waals surface area (Å²) in [5.74, 6) is -0.725. The van der Waals surface area contributed by atoms with E-state index in [1.807, 2.05) is 0 Å². The van der Waals surface area contributed by atoms with Crippen molar-refractivity contribution >= 4 is 11.6 Å². The molecule has 3 N–H and O–H groups in total. The van der Waals surface area contributed by atoms with Crippen LogP contribution < -0.4 is 15.2 Å². The fraction of sp³-hybridized carbons (Fsp3) is 0.0769. The number of aromatic amines is 1. The molecule has 0 fully saturated rings. The Balaban J connectivity index is 1.49. The van der Waals surface area contributed by atoms with Crippen molar-refractivity contribution in [1.82, 2.24) is 10.2 Å². The second-order valence-electron chi connectivity index (χ2n) is 7.81. The smallest absolute Gasteiger partial charge is 0.244 e. The molecule has 0 unspecified atom stereocenters. The minimum atomic E-state index is -0.586. The molecule has 0 bridgehead atoms. The zero-order chi connectivity index (χ0) is 24.5. The predicted octanol–water partition coefficient (Wildman–Crippen LogP) is 5.81. The lowest BCUT2D eigenvalue weighted by Crippen LogP contribution is -2.21. The van der Waals surface area contributed by atoms with Crippen LogP contribution in [0.2, 0.25) is 5.02 Å². The highest BCUT2D eigenvalue weighted by molar-refractivity contribution is 6.31. The van der Waals surface area contributed by atoms with Gasteiger partial charge in [-0.05, 0) is 54.1 Å². The van der Waals surface area contributed by atoms with E-state index < -0.39 is 11.7 Å². The molecule has 0 radical (unpaired) electrons. The van der Waals surface area contributed by atoms with E-state index in [1.165, 1.54) is 24.3 Å². The third-order valence-corrected chi connectivity index (χ3v) is 6.08. The van der Waals surface area contributed by atoms with Crippen LogP contribution in [0.3, 0.4) is 0 Å². The molecule has 0 aliphatic carbocycles. The van der Waals surface area contributed by atoms with Crippen LogP contribution in [-0.2, 0) is 6.61 Å². The maximum absolute atomic E-state index is 14.0. The zero-order valence-electron chi connectivity index (χ0n) is 18.1. The van der Waals surface area contributed by atoms with E-state index in [1.54, 1.807) is 42.5 Å². The average molecular weight is 491 g/mol. The Bertz CT molecular complexity index is 1450. The fourth-order valence-electron chi connectivity index (χ4n) is 4.00. The molecule has 1 aliphatic rings. The van der Waals surface area contributed by atoms with Crippen LogP contribution in [0.5, 0.6) is 11.6 Å². The van der Waals surface area contributed by atoms with Crippen molar-refractivity contribution in [1.29, 1.82) is 5.26 Å². The first kappa shape index (κ1) is 22.4. The summed E-state index contributed by atoms with van der Waals surface area (Å²) in [4.78, 5) is 0. The number of hydrogen-bond acceptors (Lipinski definition) is 5. The molecule has 4 aromatic rings. The number of nitriles is 1. The summed E-state index contributed by atoms with van der Waals surface area (Å²) in [7, 11) is 0. The van der Waals surface area contributed by atoms with Gasteiger partial charge in [0, 0.05) is 11.1 Å². The molecule has 5 rings (SSSR count). The van der Waals surface area contributed by atoms with Gasteiger partial charge in [-0.25, -0.2) is 8.78 Å². The van der Waals surface area contributed by atoms with Gasteiger partial charge in [0.05, 0.1) is 22.2 Å². The molecule has 6 nitrogen and oxygen atoms in total. The van der Waals surface area contributed by atoms with Crippen molar-refractivity contribution in [2.45, 2.75) is 12.5 Å². The molecular weight excluding hydrogens is 474 g/mol. The van der Waals surface area contributed by atoms with Crippen molar-refractivity contribution in [3.8, 4) is 29.0 Å². The third kappa shape index (κ3) is 4.18. The van der Waals surface area contributed by atoms with Gasteiger partial charge in [-0.15, -0.1) is 5.10 Å². The molecule has 0 saturated heterocycles. The Hall–Kier alpha value is -4.35. The number of hydrogen-bond donors (Lipinski definition) is 2. The van der Waals surface area contributed by atoms with E-state index in [0.29, 0.717) is 22.6 Å². The van der Waals surface area contributed by atoms with E-state index in [2.05, 4.69) is 16.3 Å². The second kappa shape index (κ2) is 9.12. The van der Waals surface area contributed by atoms with Gasteiger partial charge in [0.2, 0.25) is 11.8 Å². The Morgan fingerprint density at radius 2 is 1.83 bits per heavy atom. The summed E-state index contributed by atoms with van der Waals surface area (Å²) < 4.78 is 38.8. The quantitative estimate of drug-likeness (QED) is 0.368. The molecule has 3 aromatic carbocycles. The number of fused-ring (bicyclic) bond motifs is 1. The number of rotatable bonds is 5. The Labute approximate surface area is 204 Å². The van der Waals surface area contributed by atoms with Crippen molar-refractivity contribution in [3.63, 3.8) is 0 Å². The van der Waals surface area contributed by atoms with Crippen LogP contribution in [0.15, 0.2) is 78.2 Å². The largest absolute Gasteiger partial charge is 0.489 e. The van der Waals surface area contributed by atoms with Gasteiger partial charge in [0.25, 0.3) is 0 Å². The lowest BCUT2D eigenvalue weighted by Gasteiger charge is -2.24. The zero-order valence-corrected chi connectivity index (χ0v) is 18.8. The standard InChI is InChI=1S/C26H17ClF2N4O2/c27-20-2-1-3-21(29)19(20)13-34-17-10-6-14(7-11-17)22-18(12-30)25(31)35-26-23(22)24(32-33-26)15-4-8-16(28)9-5-15/h1-11,22H,13,31H2,(H,32,33)/t22-/m0/s1. The molecule has 0 spiro atoms. The molecule has 0 saturated carbocycles. The molecule has 2 heterocycles. The van der Waals surface area contributed by atoms with Crippen LogP contribution in [-0.4, -0.2) is 10.2 Å². The van der Waals surface area contributed by atoms with Gasteiger partial charge in [0.1, 0.15) is 35.6 Å². The maximum Gasteiger partial charge on any atom is 0.244 e. The number of H-pyrrole nitrogens is 1. The van der Waals surface area contributed by atoms with Gasteiger partial charge < -0.3 is 15.2 Å². The van der Waals surface area contributed by atoms with Crippen molar-refractivity contribution in [2.24, 2.45) is 5.73 Å². The summed E-state index contributed by atoms with van der Waals surface area (Å²) >= 11 is 6.07. The van der Waals surface area contributed by atoms with Gasteiger partial charge in [0.15, 0.2) is 0 Å². The van der Waals surface area contributed by atoms with E-state index in [0.717, 1.165) is 5.56 Å². The molecule has 174 valence electrons. The summed E-state index contributed by atoms with van der Waals surface area (Å²) in [5, 5.41) is 17.3. The van der Waals surface area contributed by atoms with E-state index >= 15 is 0 Å². The number of halogens is 3. The summed E-state index contributed by atoms with van der Waals surface area (Å²) in [6.07, 6.45) is 0. The van der Waals surface area contributed by atoms with Crippen molar-refractivity contribution in [3.05, 3.63) is 112 Å². The molecule has 1 atom stereocenters. The van der Waals surface area contributed by atoms with Crippen LogP contribution in [0.4, 0.5) is 8.78 Å². The molecule has 35 heavy (non-hydrogen) atoms. The van der Waals surface area contributed by atoms with Crippen LogP contribution in [0, 0.1) is 23.0 Å². The van der Waals surface area contributed by atoms with E-state index in [4.69, 9.17) is 26.8 Å². The highest BCUT2D eigenvalue weighted by Gasteiger charge is 2.35. The molecule has 9 heteroatoms. The van der Waals surface area contributed by atoms with Crippen molar-refractivity contribution < 1.29 is 18.3 Å². The van der Waals surface area contributed by atoms with Crippen LogP contribution >= 0.6 is 11.6 Å². The molecule has 0 amide bonds. The topological polar surface area (TPSA) is 97.0 Å². The number of nitrogens with zero attached hydrogens (tertiary/aromatic N) is 2. The Morgan fingerprint density at radius 1 is 1.09 bits per heavy atom. The minimum absolute atomic E-state index is 0.0426. The van der Waals surface area contributed by atoms with E-state index in [9.17, 15) is 14.0 Å². The number of allylic oxidation sites excluding steroid dienone is 1. The normalized spacial score (nSPS) is 14.7. The monoisotopic (exact) mass is 490 g/mol. The average Bonchev–Trinajstić information content (AvgIpc) is 3.27. The highest BCUT2D eigenvalue weighted by atomic mass is 35.5. The molecule has 1 aromatic heterocycles. The summed E-state index contributed by atoms with van der Waals surface area (Å²) in [5.41, 5.74) is 9.10. The lowest BCUT2D eigenvalue weighted by atomic mass is 9.83. The fourth-order valence-corrected chi connectivity index (χ4v) is 4.21. The van der Waals surface area contributed by atoms with Crippen molar-refractivity contribution in [2.75, 3.05) is 0 Å². The highest BCUT2D eigenvalue weighted by Crippen LogP contribution is 2.45. The molecule has 1 aliphatic heterocycles. The summed E-state index contributed by atoms with van der Waals surface area (Å²) in [6, 6.07) is 19.5. The van der Waals surface area contributed by atoms with Gasteiger partial charge in [-0.3, -0.25) is 5.10 Å². The number of benzene rings is 3. The second-order valence-corrected chi connectivity index (χ2v) is 8.21. The Morgan fingerprint density at radius 3 is 2.51 bits per heavy atom. The van der Waals surface area contributed by atoms with Gasteiger partial charge >= 0.3 is 0 Å². The first-order valence-corrected chi connectivity index (χ1v) is 10.9. The number of ether oxygens (including phenoxy) is 2. The first-order valence-electron chi connectivity index (χ1n) is 10.5. The summed E-state index contributed by atoms with van der Waals surface area (Å²) in [6.45, 7) is -0.0426. The molecular formula is C26H17ClF2N4O2. The van der Waals surface area contributed by atoms with Gasteiger partial charge in [-0.1, -0.05) is 29.8 Å². The maximum atomic E-state index is 14.0. The SMILES string of the molecule is N#CC1=C(N)Oc2n[nH]c(-c3ccc(F)cc3)c2[C@H]1c1ccc(OCc2c(F)cccc2Cl)cc1. The van der Waals surface area contributed by atoms with Crippen LogP contribution in [0.1, 0.15) is 22.6 Å². The number of aromatic nitrogens is 2. The lowest BCUT2D eigenvalue weighted by molar-refractivity contribution is 0.300. The predicted molar refractivity (Wildman–Crippen MR) is 125 cm³/mol. The van der Waals surface area contributed by atoms with Crippen LogP contribution in [0.25, 0.3) is 11.3 Å². The Kier molecular flexibility index (Phi) is 5.85.